The molecule has 1 N–H and O–H groups in total. The molecule has 160 valence electrons. The van der Waals surface area contributed by atoms with Crippen molar-refractivity contribution in [3.8, 4) is 5.69 Å². The van der Waals surface area contributed by atoms with Crippen LogP contribution in [0.25, 0.3) is 16.7 Å². The number of aromatic nitrogens is 3. The normalized spacial score (nSPS) is 19.8. The molecule has 0 atom stereocenters. The molecule has 3 fully saturated rings. The van der Waals surface area contributed by atoms with Crippen LogP contribution in [0.1, 0.15) is 19.3 Å². The van der Waals surface area contributed by atoms with E-state index in [0.717, 1.165) is 24.2 Å². The first kappa shape index (κ1) is 18.5. The smallest absolute Gasteiger partial charge is 0.322 e. The molecule has 1 spiro atoms. The number of nitrogens with one attached hydrogen (secondary N) is 1. The number of halogens is 2. The summed E-state index contributed by atoms with van der Waals surface area (Å²) < 4.78 is 29.0. The van der Waals surface area contributed by atoms with Crippen LogP contribution in [0.4, 0.5) is 25.0 Å². The lowest BCUT2D eigenvalue weighted by Crippen LogP contribution is -2.53. The standard InChI is InChI=1S/C22H22F2N6O/c23-15-11-29(12-15)21(31)26-16-1-2-18(24)19(8-16)30-10-14-7-17(9-25-20(14)27-30)28-6-5-22(13-28)3-4-22/h1-2,7-10,15H,3-6,11-13H2,(H,26,31). The zero-order valence-corrected chi connectivity index (χ0v) is 16.9. The lowest BCUT2D eigenvalue weighted by atomic mass is 10.1. The maximum Gasteiger partial charge on any atom is 0.322 e. The second kappa shape index (κ2) is 6.63. The van der Waals surface area contributed by atoms with Crippen LogP contribution in [0.5, 0.6) is 0 Å². The van der Waals surface area contributed by atoms with E-state index in [-0.39, 0.29) is 18.8 Å². The minimum Gasteiger partial charge on any atom is -0.370 e. The van der Waals surface area contributed by atoms with Gasteiger partial charge in [0.1, 0.15) is 17.7 Å². The summed E-state index contributed by atoms with van der Waals surface area (Å²) >= 11 is 0. The summed E-state index contributed by atoms with van der Waals surface area (Å²) in [5.74, 6) is -0.464. The number of rotatable bonds is 3. The van der Waals surface area contributed by atoms with Gasteiger partial charge in [-0.25, -0.2) is 23.2 Å². The molecule has 4 heterocycles. The van der Waals surface area contributed by atoms with Crippen molar-refractivity contribution in [2.24, 2.45) is 5.41 Å². The molecular formula is C22H22F2N6O. The number of fused-ring (bicyclic) bond motifs is 1. The van der Waals surface area contributed by atoms with Gasteiger partial charge < -0.3 is 15.1 Å². The molecule has 0 radical (unpaired) electrons. The number of anilines is 2. The Morgan fingerprint density at radius 1 is 1.19 bits per heavy atom. The first-order chi connectivity index (χ1) is 15.0. The molecule has 31 heavy (non-hydrogen) atoms. The molecule has 3 aliphatic rings. The fraction of sp³-hybridized carbons (Fsp3) is 0.409. The Morgan fingerprint density at radius 3 is 2.77 bits per heavy atom. The molecule has 9 heteroatoms. The van der Waals surface area contributed by atoms with Gasteiger partial charge in [-0.15, -0.1) is 5.10 Å². The number of nitrogens with zero attached hydrogens (tertiary/aromatic N) is 5. The highest BCUT2D eigenvalue weighted by molar-refractivity contribution is 5.90. The molecule has 0 bridgehead atoms. The third-order valence-corrected chi connectivity index (χ3v) is 6.67. The van der Waals surface area contributed by atoms with Crippen LogP contribution < -0.4 is 10.2 Å². The highest BCUT2D eigenvalue weighted by Gasteiger charge is 2.47. The van der Waals surface area contributed by atoms with E-state index in [9.17, 15) is 13.6 Å². The lowest BCUT2D eigenvalue weighted by molar-refractivity contribution is 0.0974. The third-order valence-electron chi connectivity index (χ3n) is 6.67. The van der Waals surface area contributed by atoms with E-state index in [1.54, 1.807) is 6.20 Å². The van der Waals surface area contributed by atoms with Gasteiger partial charge in [-0.1, -0.05) is 0 Å². The van der Waals surface area contributed by atoms with E-state index < -0.39 is 18.0 Å². The fourth-order valence-electron chi connectivity index (χ4n) is 4.50. The Labute approximate surface area is 177 Å². The van der Waals surface area contributed by atoms with Crippen LogP contribution in [0.15, 0.2) is 36.7 Å². The minimum atomic E-state index is -0.973. The maximum atomic E-state index is 14.6. The number of alkyl halides is 1. The van der Waals surface area contributed by atoms with Crippen molar-refractivity contribution in [3.63, 3.8) is 0 Å². The van der Waals surface area contributed by atoms with Gasteiger partial charge in [0.05, 0.1) is 25.0 Å². The number of hydrogen-bond acceptors (Lipinski definition) is 4. The second-order valence-corrected chi connectivity index (χ2v) is 8.95. The number of benzene rings is 1. The summed E-state index contributed by atoms with van der Waals surface area (Å²) in [7, 11) is 0. The topological polar surface area (TPSA) is 66.3 Å². The molecule has 6 rings (SSSR count). The molecule has 0 unspecified atom stereocenters. The molecule has 1 aromatic carbocycles. The number of hydrogen-bond donors (Lipinski definition) is 1. The summed E-state index contributed by atoms with van der Waals surface area (Å²) in [4.78, 5) is 20.4. The van der Waals surface area contributed by atoms with Gasteiger partial charge in [0, 0.05) is 30.4 Å². The van der Waals surface area contributed by atoms with Gasteiger partial charge in [0.15, 0.2) is 5.65 Å². The van der Waals surface area contributed by atoms with Crippen molar-refractivity contribution < 1.29 is 13.6 Å². The molecular weight excluding hydrogens is 402 g/mol. The summed E-state index contributed by atoms with van der Waals surface area (Å²) in [6.07, 6.45) is 6.47. The Kier molecular flexibility index (Phi) is 3.97. The number of likely N-dealkylation sites (tertiary alicyclic amines) is 1. The van der Waals surface area contributed by atoms with E-state index in [2.05, 4.69) is 20.3 Å². The van der Waals surface area contributed by atoms with E-state index in [1.165, 1.54) is 47.0 Å². The maximum absolute atomic E-state index is 14.6. The molecule has 2 aliphatic heterocycles. The molecule has 2 amide bonds. The van der Waals surface area contributed by atoms with Gasteiger partial charge in [-0.2, -0.15) is 0 Å². The second-order valence-electron chi connectivity index (χ2n) is 8.95. The van der Waals surface area contributed by atoms with Crippen molar-refractivity contribution in [2.45, 2.75) is 25.4 Å². The SMILES string of the molecule is O=C(Nc1ccc(F)c(-n2cc3cc(N4CCC5(CC5)C4)cnc3n2)c1)N1CC(F)C1. The monoisotopic (exact) mass is 424 g/mol. The predicted octanol–water partition coefficient (Wildman–Crippen LogP) is 3.74. The molecule has 2 aromatic heterocycles. The van der Waals surface area contributed by atoms with Gasteiger partial charge in [-0.05, 0) is 48.9 Å². The zero-order valence-electron chi connectivity index (χ0n) is 16.9. The Balaban J connectivity index is 1.26. The minimum absolute atomic E-state index is 0.0799. The highest BCUT2D eigenvalue weighted by atomic mass is 19.1. The molecule has 1 aliphatic carbocycles. The lowest BCUT2D eigenvalue weighted by Gasteiger charge is -2.34. The van der Waals surface area contributed by atoms with Crippen LogP contribution in [0.2, 0.25) is 0 Å². The average molecular weight is 424 g/mol. The molecule has 3 aromatic rings. The van der Waals surface area contributed by atoms with Gasteiger partial charge in [-0.3, -0.25) is 0 Å². The van der Waals surface area contributed by atoms with E-state index >= 15 is 0 Å². The van der Waals surface area contributed by atoms with E-state index in [1.807, 2.05) is 12.3 Å². The Morgan fingerprint density at radius 2 is 2.03 bits per heavy atom. The first-order valence-corrected chi connectivity index (χ1v) is 10.6. The number of carbonyl (C=O) groups excluding carboxylic acids is 1. The summed E-state index contributed by atoms with van der Waals surface area (Å²) in [5, 5.41) is 7.94. The Bertz CT molecular complexity index is 1180. The van der Waals surface area contributed by atoms with E-state index in [4.69, 9.17) is 0 Å². The molecule has 7 nitrogen and oxygen atoms in total. The zero-order chi connectivity index (χ0) is 21.2. The predicted molar refractivity (Wildman–Crippen MR) is 113 cm³/mol. The van der Waals surface area contributed by atoms with Crippen LogP contribution in [-0.4, -0.2) is 58.0 Å². The number of carbonyl (C=O) groups is 1. The van der Waals surface area contributed by atoms with Crippen LogP contribution in [0.3, 0.4) is 0 Å². The Hall–Kier alpha value is -3.23. The van der Waals surface area contributed by atoms with Gasteiger partial charge >= 0.3 is 6.03 Å². The van der Waals surface area contributed by atoms with Crippen LogP contribution in [-0.2, 0) is 0 Å². The van der Waals surface area contributed by atoms with Crippen LogP contribution in [0, 0.1) is 11.2 Å². The van der Waals surface area contributed by atoms with E-state index in [0.29, 0.717) is 16.7 Å². The summed E-state index contributed by atoms with van der Waals surface area (Å²) in [6.45, 7) is 2.27. The van der Waals surface area contributed by atoms with Crippen molar-refractivity contribution in [3.05, 3.63) is 42.5 Å². The number of amides is 2. The van der Waals surface area contributed by atoms with Gasteiger partial charge in [0.25, 0.3) is 0 Å². The highest BCUT2D eigenvalue weighted by Crippen LogP contribution is 2.53. The van der Waals surface area contributed by atoms with Crippen molar-refractivity contribution in [2.75, 3.05) is 36.4 Å². The number of urea groups is 1. The first-order valence-electron chi connectivity index (χ1n) is 10.6. The third kappa shape index (κ3) is 3.28. The van der Waals surface area contributed by atoms with Gasteiger partial charge in [0.2, 0.25) is 0 Å². The van der Waals surface area contributed by atoms with Crippen LogP contribution >= 0.6 is 0 Å². The molecule has 2 saturated heterocycles. The molecule has 1 saturated carbocycles. The summed E-state index contributed by atoms with van der Waals surface area (Å²) in [5.41, 5.74) is 2.76. The largest absolute Gasteiger partial charge is 0.370 e. The van der Waals surface area contributed by atoms with Crippen molar-refractivity contribution >= 4 is 28.4 Å². The quantitative estimate of drug-likeness (QED) is 0.696. The number of pyridine rings is 1. The van der Waals surface area contributed by atoms with Crippen molar-refractivity contribution in [1.29, 1.82) is 0 Å². The fourth-order valence-corrected chi connectivity index (χ4v) is 4.50. The van der Waals surface area contributed by atoms with Crippen molar-refractivity contribution in [1.82, 2.24) is 19.7 Å². The summed E-state index contributed by atoms with van der Waals surface area (Å²) in [6, 6.07) is 5.92. The average Bonchev–Trinajstić information content (AvgIpc) is 3.16.